The van der Waals surface area contributed by atoms with Gasteiger partial charge in [-0.05, 0) is 28.8 Å². The molecule has 0 radical (unpaired) electrons. The summed E-state index contributed by atoms with van der Waals surface area (Å²) in [5.41, 5.74) is 0.455. The number of ether oxygens (including phenoxy) is 2. The molecule has 1 rings (SSSR count). The summed E-state index contributed by atoms with van der Waals surface area (Å²) in [5, 5.41) is 16.1. The highest BCUT2D eigenvalue weighted by Gasteiger charge is 2.19. The maximum atomic E-state index is 12.1. The number of rotatable bonds is 9. The summed E-state index contributed by atoms with van der Waals surface area (Å²) >= 11 is 3.19. The van der Waals surface area contributed by atoms with Crippen molar-refractivity contribution in [2.45, 2.75) is 27.3 Å². The fourth-order valence-electron chi connectivity index (χ4n) is 1.76. The maximum Gasteiger partial charge on any atom is 0.350 e. The van der Waals surface area contributed by atoms with Crippen LogP contribution in [0, 0.1) is 17.2 Å². The van der Waals surface area contributed by atoms with Crippen LogP contribution in [0.25, 0.3) is 0 Å². The van der Waals surface area contributed by atoms with E-state index in [4.69, 9.17) is 14.0 Å². The van der Waals surface area contributed by atoms with Gasteiger partial charge in [0.2, 0.25) is 0 Å². The average Bonchev–Trinajstić information content (AvgIpc) is 2.92. The molecule has 1 N–H and O–H groups in total. The summed E-state index contributed by atoms with van der Waals surface area (Å²) in [4.78, 5) is 12.1. The number of hydrogen-bond donors (Lipinski definition) is 1. The van der Waals surface area contributed by atoms with Crippen LogP contribution >= 0.6 is 15.9 Å². The van der Waals surface area contributed by atoms with Crippen LogP contribution in [-0.2, 0) is 20.8 Å². The molecule has 7 nitrogen and oxygen atoms in total. The number of carbonyl (C=O) groups excluding carboxylic acids is 1. The van der Waals surface area contributed by atoms with Crippen molar-refractivity contribution in [3.63, 3.8) is 0 Å². The smallest absolute Gasteiger partial charge is 0.350 e. The van der Waals surface area contributed by atoms with E-state index in [0.717, 1.165) is 0 Å². The molecule has 1 aromatic rings. The van der Waals surface area contributed by atoms with Crippen LogP contribution in [0.2, 0.25) is 0 Å². The van der Waals surface area contributed by atoms with E-state index in [0.29, 0.717) is 35.8 Å². The van der Waals surface area contributed by atoms with E-state index < -0.39 is 5.97 Å². The van der Waals surface area contributed by atoms with Crippen molar-refractivity contribution in [2.75, 3.05) is 19.8 Å². The Hall–Kier alpha value is -1.85. The molecule has 0 aliphatic carbocycles. The van der Waals surface area contributed by atoms with Crippen LogP contribution in [0.5, 0.6) is 0 Å². The summed E-state index contributed by atoms with van der Waals surface area (Å²) < 4.78 is 15.8. The fourth-order valence-corrected chi connectivity index (χ4v) is 2.09. The number of nitrogens with one attached hydrogen (secondary N) is 1. The van der Waals surface area contributed by atoms with Crippen LogP contribution in [0.4, 0.5) is 0 Å². The predicted octanol–water partition coefficient (Wildman–Crippen LogP) is 2.54. The van der Waals surface area contributed by atoms with Crippen molar-refractivity contribution in [1.29, 1.82) is 5.26 Å². The Morgan fingerprint density at radius 3 is 2.78 bits per heavy atom. The van der Waals surface area contributed by atoms with E-state index in [1.165, 1.54) is 0 Å². The molecular formula is C15H20BrN3O4. The Morgan fingerprint density at radius 2 is 2.26 bits per heavy atom. The molecule has 0 saturated heterocycles. The normalized spacial score (nSPS) is 11.8. The third-order valence-electron chi connectivity index (χ3n) is 2.81. The first-order valence-corrected chi connectivity index (χ1v) is 8.03. The number of carbonyl (C=O) groups is 1. The lowest BCUT2D eigenvalue weighted by atomic mass is 10.0. The van der Waals surface area contributed by atoms with Crippen molar-refractivity contribution in [1.82, 2.24) is 10.5 Å². The summed E-state index contributed by atoms with van der Waals surface area (Å²) in [6.45, 7) is 6.88. The Morgan fingerprint density at radius 1 is 1.52 bits per heavy atom. The largest absolute Gasteiger partial charge is 0.459 e. The van der Waals surface area contributed by atoms with Crippen LogP contribution in [0.1, 0.15) is 26.5 Å². The number of allylic oxidation sites excluding steroid dienone is 1. The lowest BCUT2D eigenvalue weighted by Crippen LogP contribution is -2.23. The van der Waals surface area contributed by atoms with Crippen molar-refractivity contribution >= 4 is 21.9 Å². The number of esters is 1. The molecule has 0 aromatic carbocycles. The first-order valence-electron chi connectivity index (χ1n) is 7.23. The molecule has 0 amide bonds. The third kappa shape index (κ3) is 6.42. The van der Waals surface area contributed by atoms with Gasteiger partial charge in [0.05, 0.1) is 13.2 Å². The number of nitriles is 1. The Kier molecular flexibility index (Phi) is 8.37. The highest BCUT2D eigenvalue weighted by Crippen LogP contribution is 2.16. The molecule has 1 heterocycles. The van der Waals surface area contributed by atoms with E-state index in [1.807, 2.05) is 26.8 Å². The zero-order chi connectivity index (χ0) is 17.2. The molecule has 0 spiro atoms. The molecule has 0 aliphatic heterocycles. The van der Waals surface area contributed by atoms with Gasteiger partial charge in [0, 0.05) is 18.4 Å². The molecule has 0 fully saturated rings. The van der Waals surface area contributed by atoms with Gasteiger partial charge in [0.15, 0.2) is 11.3 Å². The van der Waals surface area contributed by atoms with Gasteiger partial charge in [-0.25, -0.2) is 4.79 Å². The van der Waals surface area contributed by atoms with Gasteiger partial charge < -0.3 is 19.3 Å². The molecule has 0 saturated carbocycles. The number of nitrogens with zero attached hydrogens (tertiary/aromatic N) is 2. The van der Waals surface area contributed by atoms with Crippen molar-refractivity contribution in [3.05, 3.63) is 27.7 Å². The topological polar surface area (TPSA) is 97.4 Å². The second-order valence-corrected chi connectivity index (χ2v) is 5.67. The van der Waals surface area contributed by atoms with E-state index in [9.17, 15) is 10.1 Å². The quantitative estimate of drug-likeness (QED) is 0.301. The number of hydrogen-bond acceptors (Lipinski definition) is 7. The summed E-state index contributed by atoms with van der Waals surface area (Å²) in [5.74, 6) is -0.144. The van der Waals surface area contributed by atoms with Crippen molar-refractivity contribution in [2.24, 2.45) is 5.92 Å². The van der Waals surface area contributed by atoms with Gasteiger partial charge in [-0.2, -0.15) is 5.26 Å². The second kappa shape index (κ2) is 10.0. The Bertz CT molecular complexity index is 590. The molecule has 0 atom stereocenters. The third-order valence-corrected chi connectivity index (χ3v) is 3.18. The average molecular weight is 386 g/mol. The second-order valence-electron chi connectivity index (χ2n) is 4.86. The monoisotopic (exact) mass is 385 g/mol. The zero-order valence-corrected chi connectivity index (χ0v) is 15.0. The minimum absolute atomic E-state index is 0.0462. The molecule has 0 unspecified atom stereocenters. The number of aromatic nitrogens is 1. The first kappa shape index (κ1) is 19.2. The van der Waals surface area contributed by atoms with Gasteiger partial charge in [0.25, 0.3) is 0 Å². The lowest BCUT2D eigenvalue weighted by molar-refractivity contribution is -0.140. The van der Waals surface area contributed by atoms with Gasteiger partial charge in [0.1, 0.15) is 17.3 Å². The molecular weight excluding hydrogens is 366 g/mol. The standard InChI is InChI=1S/C15H20BrN3O4/c1-4-21-5-6-22-15(20)12(8-17)14(10(2)3)18-9-11-7-13(16)19-23-11/h7,10,18H,4-6,9H2,1-3H3/b14-12-. The van der Waals surface area contributed by atoms with Crippen LogP contribution < -0.4 is 5.32 Å². The van der Waals surface area contributed by atoms with Gasteiger partial charge in [-0.15, -0.1) is 0 Å². The molecule has 23 heavy (non-hydrogen) atoms. The van der Waals surface area contributed by atoms with Gasteiger partial charge >= 0.3 is 5.97 Å². The van der Waals surface area contributed by atoms with Crippen LogP contribution in [-0.4, -0.2) is 30.9 Å². The zero-order valence-electron chi connectivity index (χ0n) is 13.4. The summed E-state index contributed by atoms with van der Waals surface area (Å²) in [7, 11) is 0. The Labute approximate surface area is 143 Å². The molecule has 8 heteroatoms. The van der Waals surface area contributed by atoms with Gasteiger partial charge in [-0.1, -0.05) is 19.0 Å². The minimum Gasteiger partial charge on any atom is -0.459 e. The maximum absolute atomic E-state index is 12.1. The Balaban J connectivity index is 2.77. The van der Waals surface area contributed by atoms with E-state index in [1.54, 1.807) is 6.07 Å². The fraction of sp³-hybridized carbons (Fsp3) is 0.533. The van der Waals surface area contributed by atoms with E-state index >= 15 is 0 Å². The van der Waals surface area contributed by atoms with Crippen LogP contribution in [0.3, 0.4) is 0 Å². The molecule has 0 aliphatic rings. The first-order chi connectivity index (χ1) is 11.0. The molecule has 1 aromatic heterocycles. The molecule has 126 valence electrons. The minimum atomic E-state index is -0.665. The predicted molar refractivity (Wildman–Crippen MR) is 86.0 cm³/mol. The van der Waals surface area contributed by atoms with Gasteiger partial charge in [-0.3, -0.25) is 0 Å². The summed E-state index contributed by atoms with van der Waals surface area (Å²) in [6.07, 6.45) is 0. The van der Waals surface area contributed by atoms with Crippen molar-refractivity contribution < 1.29 is 18.8 Å². The SMILES string of the molecule is CCOCCOC(=O)/C(C#N)=C(\NCc1cc(Br)no1)C(C)C. The molecule has 0 bridgehead atoms. The van der Waals surface area contributed by atoms with E-state index in [-0.39, 0.29) is 18.1 Å². The highest BCUT2D eigenvalue weighted by molar-refractivity contribution is 9.10. The van der Waals surface area contributed by atoms with Crippen LogP contribution in [0.15, 0.2) is 26.5 Å². The lowest BCUT2D eigenvalue weighted by Gasteiger charge is -2.15. The summed E-state index contributed by atoms with van der Waals surface area (Å²) in [6, 6.07) is 3.62. The number of halogens is 1. The highest BCUT2D eigenvalue weighted by atomic mass is 79.9. The van der Waals surface area contributed by atoms with E-state index in [2.05, 4.69) is 26.4 Å². The van der Waals surface area contributed by atoms with Crippen molar-refractivity contribution in [3.8, 4) is 6.07 Å².